The van der Waals surface area contributed by atoms with Crippen molar-refractivity contribution in [1.29, 1.82) is 0 Å². The van der Waals surface area contributed by atoms with Crippen molar-refractivity contribution in [2.75, 3.05) is 54.5 Å². The number of halogens is 1. The van der Waals surface area contributed by atoms with Crippen molar-refractivity contribution in [3.63, 3.8) is 0 Å². The van der Waals surface area contributed by atoms with Gasteiger partial charge in [-0.3, -0.25) is 9.79 Å². The van der Waals surface area contributed by atoms with Crippen LogP contribution in [0, 0.1) is 5.92 Å². The highest BCUT2D eigenvalue weighted by molar-refractivity contribution is 14.0. The largest absolute Gasteiger partial charge is 0.497 e. The van der Waals surface area contributed by atoms with E-state index in [-0.39, 0.29) is 35.8 Å². The second-order valence-corrected chi connectivity index (χ2v) is 7.73. The number of unbranched alkanes of at least 4 members (excludes halogenated alkanes) is 1. The minimum Gasteiger partial charge on any atom is -0.497 e. The van der Waals surface area contributed by atoms with Crippen LogP contribution in [-0.4, -0.2) is 76.2 Å². The van der Waals surface area contributed by atoms with E-state index in [0.29, 0.717) is 6.54 Å². The maximum atomic E-state index is 11.3. The number of carbonyl (C=O) groups excluding carboxylic acids is 1. The number of methoxy groups -OCH3 is 2. The molecular weight excluding hydrogens is 509 g/mol. The molecule has 0 atom stereocenters. The molecule has 31 heavy (non-hydrogen) atoms. The third-order valence-corrected chi connectivity index (χ3v) is 5.65. The molecule has 1 heterocycles. The number of carbonyl (C=O) groups is 1. The number of primary amides is 1. The Morgan fingerprint density at radius 1 is 1.26 bits per heavy atom. The van der Waals surface area contributed by atoms with E-state index >= 15 is 0 Å². The molecule has 0 bridgehead atoms. The van der Waals surface area contributed by atoms with Crippen LogP contribution in [0.2, 0.25) is 0 Å². The quantitative estimate of drug-likeness (QED) is 0.202. The van der Waals surface area contributed by atoms with Crippen LogP contribution in [0.1, 0.15) is 31.2 Å². The smallest absolute Gasteiger partial charge is 0.220 e. The van der Waals surface area contributed by atoms with Crippen molar-refractivity contribution in [2.45, 2.75) is 32.2 Å². The average Bonchev–Trinajstić information content (AvgIpc) is 2.76. The summed E-state index contributed by atoms with van der Waals surface area (Å²) in [5.74, 6) is 2.35. The summed E-state index contributed by atoms with van der Waals surface area (Å²) in [7, 11) is 7.13. The maximum absolute atomic E-state index is 11.3. The number of piperidine rings is 1. The van der Waals surface area contributed by atoms with Gasteiger partial charge in [0.25, 0.3) is 0 Å². The molecule has 0 spiro atoms. The average molecular weight is 547 g/mol. The van der Waals surface area contributed by atoms with Crippen molar-refractivity contribution >= 4 is 35.8 Å². The number of hydrogen-bond acceptors (Lipinski definition) is 5. The number of ether oxygens (including phenoxy) is 2. The Balaban J connectivity index is 0.00000480. The van der Waals surface area contributed by atoms with Gasteiger partial charge >= 0.3 is 0 Å². The number of nitrogens with one attached hydrogen (secondary N) is 1. The minimum atomic E-state index is -0.151. The first-order valence-corrected chi connectivity index (χ1v) is 10.6. The Hall–Kier alpha value is -1.75. The van der Waals surface area contributed by atoms with Crippen molar-refractivity contribution in [2.24, 2.45) is 16.6 Å². The number of hydrogen-bond donors (Lipinski definition) is 2. The van der Waals surface area contributed by atoms with Gasteiger partial charge in [0.05, 0.1) is 14.2 Å². The summed E-state index contributed by atoms with van der Waals surface area (Å²) in [4.78, 5) is 20.2. The predicted molar refractivity (Wildman–Crippen MR) is 135 cm³/mol. The molecule has 1 aromatic rings. The summed E-state index contributed by atoms with van der Waals surface area (Å²) in [6, 6.07) is 5.85. The lowest BCUT2D eigenvalue weighted by atomic mass is 9.96. The monoisotopic (exact) mass is 547 g/mol. The molecule has 1 amide bonds. The molecule has 1 fully saturated rings. The number of nitrogens with zero attached hydrogens (tertiary/aromatic N) is 3. The molecule has 0 radical (unpaired) electrons. The third-order valence-electron chi connectivity index (χ3n) is 5.65. The lowest BCUT2D eigenvalue weighted by molar-refractivity contribution is -0.123. The van der Waals surface area contributed by atoms with Crippen LogP contribution in [0.4, 0.5) is 0 Å². The number of nitrogens with two attached hydrogens (primary N) is 1. The fourth-order valence-corrected chi connectivity index (χ4v) is 3.80. The summed E-state index contributed by atoms with van der Waals surface area (Å²) in [6.45, 7) is 4.55. The SMILES string of the molecule is CN=C(NCCCCN1CCC(C(N)=O)CC1)N(C)Cc1ccc(OC)cc1OC.I. The van der Waals surface area contributed by atoms with E-state index in [1.807, 2.05) is 25.2 Å². The topological polar surface area (TPSA) is 92.4 Å². The molecular formula is C22H38IN5O3. The van der Waals surface area contributed by atoms with Crippen LogP contribution in [0.25, 0.3) is 0 Å². The van der Waals surface area contributed by atoms with Crippen molar-refractivity contribution in [1.82, 2.24) is 15.1 Å². The summed E-state index contributed by atoms with van der Waals surface area (Å²) >= 11 is 0. The molecule has 2 rings (SSSR count). The van der Waals surface area contributed by atoms with Gasteiger partial charge < -0.3 is 30.3 Å². The molecule has 1 aliphatic rings. The molecule has 8 nitrogen and oxygen atoms in total. The first-order valence-electron chi connectivity index (χ1n) is 10.6. The second kappa shape index (κ2) is 14.3. The van der Waals surface area contributed by atoms with E-state index in [1.54, 1.807) is 21.3 Å². The van der Waals surface area contributed by atoms with E-state index < -0.39 is 0 Å². The van der Waals surface area contributed by atoms with E-state index in [4.69, 9.17) is 15.2 Å². The van der Waals surface area contributed by atoms with E-state index in [2.05, 4.69) is 20.1 Å². The van der Waals surface area contributed by atoms with E-state index in [9.17, 15) is 4.79 Å². The van der Waals surface area contributed by atoms with Gasteiger partial charge in [-0.05, 0) is 57.5 Å². The number of guanidine groups is 1. The molecule has 3 N–H and O–H groups in total. The molecule has 0 saturated carbocycles. The molecule has 1 aromatic carbocycles. The highest BCUT2D eigenvalue weighted by atomic mass is 127. The van der Waals surface area contributed by atoms with Crippen molar-refractivity contribution in [3.05, 3.63) is 23.8 Å². The van der Waals surface area contributed by atoms with Crippen molar-refractivity contribution in [3.8, 4) is 11.5 Å². The first-order chi connectivity index (χ1) is 14.5. The van der Waals surface area contributed by atoms with Gasteiger partial charge in [0, 0.05) is 44.7 Å². The fraction of sp³-hybridized carbons (Fsp3) is 0.636. The molecule has 0 aliphatic carbocycles. The Morgan fingerprint density at radius 2 is 1.97 bits per heavy atom. The Morgan fingerprint density at radius 3 is 2.55 bits per heavy atom. The molecule has 176 valence electrons. The summed E-state index contributed by atoms with van der Waals surface area (Å²) in [5.41, 5.74) is 6.47. The Labute approximate surface area is 203 Å². The van der Waals surface area contributed by atoms with Crippen LogP contribution in [0.5, 0.6) is 11.5 Å². The van der Waals surface area contributed by atoms with E-state index in [0.717, 1.165) is 74.9 Å². The first kappa shape index (κ1) is 27.3. The number of rotatable bonds is 10. The molecule has 0 unspecified atom stereocenters. The summed E-state index contributed by atoms with van der Waals surface area (Å²) in [6.07, 6.45) is 3.95. The van der Waals surface area contributed by atoms with Gasteiger partial charge in [-0.2, -0.15) is 0 Å². The lowest BCUT2D eigenvalue weighted by Gasteiger charge is -2.30. The Bertz CT molecular complexity index is 708. The summed E-state index contributed by atoms with van der Waals surface area (Å²) in [5, 5.41) is 3.44. The highest BCUT2D eigenvalue weighted by Gasteiger charge is 2.22. The predicted octanol–water partition coefficient (Wildman–Crippen LogP) is 2.31. The maximum Gasteiger partial charge on any atom is 0.220 e. The van der Waals surface area contributed by atoms with Crippen molar-refractivity contribution < 1.29 is 14.3 Å². The van der Waals surface area contributed by atoms with E-state index in [1.165, 1.54) is 0 Å². The number of benzene rings is 1. The highest BCUT2D eigenvalue weighted by Crippen LogP contribution is 2.25. The van der Waals surface area contributed by atoms with Crippen LogP contribution < -0.4 is 20.5 Å². The summed E-state index contributed by atoms with van der Waals surface area (Å²) < 4.78 is 10.8. The minimum absolute atomic E-state index is 0. The third kappa shape index (κ3) is 8.72. The number of likely N-dealkylation sites (tertiary alicyclic amines) is 1. The van der Waals surface area contributed by atoms with Gasteiger partial charge in [0.2, 0.25) is 5.91 Å². The van der Waals surface area contributed by atoms with Gasteiger partial charge in [-0.15, -0.1) is 24.0 Å². The van der Waals surface area contributed by atoms with Crippen LogP contribution in [-0.2, 0) is 11.3 Å². The standard InChI is InChI=1S/C22H37N5O3.HI/c1-24-22(26(2)16-18-7-8-19(29-3)15-20(18)30-4)25-11-5-6-12-27-13-9-17(10-14-27)21(23)28;/h7-8,15,17H,5-6,9-14,16H2,1-4H3,(H2,23,28)(H,24,25);1H. The number of aliphatic imine (C=N–C) groups is 1. The second-order valence-electron chi connectivity index (χ2n) is 7.73. The zero-order valence-corrected chi connectivity index (χ0v) is 21.6. The van der Waals surface area contributed by atoms with Gasteiger partial charge in [0.1, 0.15) is 11.5 Å². The van der Waals surface area contributed by atoms with Crippen LogP contribution in [0.3, 0.4) is 0 Å². The number of amides is 1. The molecule has 1 saturated heterocycles. The normalized spacial score (nSPS) is 15.2. The van der Waals surface area contributed by atoms with Crippen LogP contribution >= 0.6 is 24.0 Å². The van der Waals surface area contributed by atoms with Gasteiger partial charge in [-0.25, -0.2) is 0 Å². The van der Waals surface area contributed by atoms with Gasteiger partial charge in [-0.1, -0.05) is 0 Å². The fourth-order valence-electron chi connectivity index (χ4n) is 3.80. The zero-order chi connectivity index (χ0) is 21.9. The molecule has 9 heteroatoms. The Kier molecular flexibility index (Phi) is 12.6. The molecule has 0 aromatic heterocycles. The zero-order valence-electron chi connectivity index (χ0n) is 19.2. The lowest BCUT2D eigenvalue weighted by Crippen LogP contribution is -2.40. The van der Waals surface area contributed by atoms with Gasteiger partial charge in [0.15, 0.2) is 5.96 Å². The molecule has 1 aliphatic heterocycles. The van der Waals surface area contributed by atoms with Crippen LogP contribution in [0.15, 0.2) is 23.2 Å².